The van der Waals surface area contributed by atoms with Gasteiger partial charge in [-0.15, -0.1) is 0 Å². The van der Waals surface area contributed by atoms with Crippen LogP contribution in [0.3, 0.4) is 0 Å². The Morgan fingerprint density at radius 1 is 1.52 bits per heavy atom. The van der Waals surface area contributed by atoms with Crippen LogP contribution in [0, 0.1) is 23.0 Å². The molecule has 1 N–H and O–H groups in total. The molecule has 1 aliphatic heterocycles. The number of nitro benzene ring substituents is 1. The number of hydrogen-bond donors (Lipinski definition) is 1. The highest BCUT2D eigenvalue weighted by Crippen LogP contribution is 2.37. The molecule has 0 amide bonds. The number of carboxylic acid groups (broad SMARTS) is 1. The van der Waals surface area contributed by atoms with Crippen LogP contribution in [-0.2, 0) is 4.79 Å². The molecule has 1 aromatic rings. The van der Waals surface area contributed by atoms with Gasteiger partial charge in [0.1, 0.15) is 11.7 Å². The van der Waals surface area contributed by atoms with E-state index in [0.717, 1.165) is 12.8 Å². The highest BCUT2D eigenvalue weighted by molar-refractivity contribution is 5.81. The number of aliphatic carboxylic acids is 1. The molecule has 1 fully saturated rings. The van der Waals surface area contributed by atoms with Crippen LogP contribution < -0.4 is 4.90 Å². The van der Waals surface area contributed by atoms with Crippen molar-refractivity contribution in [3.8, 4) is 0 Å². The third-order valence-corrected chi connectivity index (χ3v) is 4.28. The summed E-state index contributed by atoms with van der Waals surface area (Å²) in [6.45, 7) is 4.27. The molecule has 2 unspecified atom stereocenters. The van der Waals surface area contributed by atoms with Gasteiger partial charge in [-0.25, -0.2) is 4.79 Å². The quantitative estimate of drug-likeness (QED) is 0.681. The second-order valence-corrected chi connectivity index (χ2v) is 5.55. The number of rotatable bonds is 4. The van der Waals surface area contributed by atoms with Crippen molar-refractivity contribution in [2.24, 2.45) is 5.92 Å². The third-order valence-electron chi connectivity index (χ3n) is 4.28. The van der Waals surface area contributed by atoms with Gasteiger partial charge in [0.25, 0.3) is 5.69 Å². The van der Waals surface area contributed by atoms with E-state index in [-0.39, 0.29) is 5.69 Å². The first-order chi connectivity index (χ1) is 9.95. The molecule has 0 aliphatic carbocycles. The summed E-state index contributed by atoms with van der Waals surface area (Å²) in [5.41, 5.74) is 0.986. The maximum Gasteiger partial charge on any atom is 0.326 e. The number of para-hydroxylation sites is 1. The van der Waals surface area contributed by atoms with Crippen LogP contribution >= 0.6 is 0 Å². The van der Waals surface area contributed by atoms with E-state index in [1.165, 1.54) is 0 Å². The molecule has 1 heterocycles. The van der Waals surface area contributed by atoms with Crippen LogP contribution in [0.5, 0.6) is 0 Å². The Morgan fingerprint density at radius 2 is 2.24 bits per heavy atom. The molecule has 21 heavy (non-hydrogen) atoms. The van der Waals surface area contributed by atoms with Gasteiger partial charge in [0.05, 0.1) is 4.92 Å². The second kappa shape index (κ2) is 6.11. The summed E-state index contributed by atoms with van der Waals surface area (Å²) in [7, 11) is 0. The fourth-order valence-electron chi connectivity index (χ4n) is 3.04. The molecule has 114 valence electrons. The summed E-state index contributed by atoms with van der Waals surface area (Å²) in [5, 5.41) is 20.8. The van der Waals surface area contributed by atoms with Crippen molar-refractivity contribution in [3.05, 3.63) is 33.9 Å². The van der Waals surface area contributed by atoms with Crippen molar-refractivity contribution in [2.45, 2.75) is 39.2 Å². The minimum Gasteiger partial charge on any atom is -0.480 e. The lowest BCUT2D eigenvalue weighted by atomic mass is 9.88. The topological polar surface area (TPSA) is 83.7 Å². The molecule has 0 radical (unpaired) electrons. The smallest absolute Gasteiger partial charge is 0.326 e. The van der Waals surface area contributed by atoms with Gasteiger partial charge in [-0.05, 0) is 31.7 Å². The van der Waals surface area contributed by atoms with Crippen molar-refractivity contribution in [1.82, 2.24) is 0 Å². The van der Waals surface area contributed by atoms with E-state index >= 15 is 0 Å². The van der Waals surface area contributed by atoms with Crippen LogP contribution in [0.1, 0.15) is 31.7 Å². The van der Waals surface area contributed by atoms with E-state index < -0.39 is 16.9 Å². The van der Waals surface area contributed by atoms with Crippen molar-refractivity contribution in [2.75, 3.05) is 11.4 Å². The van der Waals surface area contributed by atoms with E-state index in [9.17, 15) is 20.0 Å². The average molecular weight is 292 g/mol. The summed E-state index contributed by atoms with van der Waals surface area (Å²) < 4.78 is 0. The Bertz CT molecular complexity index is 559. The van der Waals surface area contributed by atoms with Gasteiger partial charge in [0, 0.05) is 12.1 Å². The van der Waals surface area contributed by atoms with Gasteiger partial charge in [-0.2, -0.15) is 0 Å². The molecule has 6 heteroatoms. The number of piperidine rings is 1. The predicted octanol–water partition coefficient (Wildman–Crippen LogP) is 2.98. The third kappa shape index (κ3) is 2.99. The van der Waals surface area contributed by atoms with Gasteiger partial charge >= 0.3 is 5.97 Å². The van der Waals surface area contributed by atoms with E-state index in [4.69, 9.17) is 0 Å². The van der Waals surface area contributed by atoms with Crippen LogP contribution in [0.25, 0.3) is 0 Å². The van der Waals surface area contributed by atoms with E-state index in [1.54, 1.807) is 30.0 Å². The Balaban J connectivity index is 2.42. The lowest BCUT2D eigenvalue weighted by Crippen LogP contribution is -2.47. The molecular formula is C15H20N2O4. The average Bonchev–Trinajstić information content (AvgIpc) is 2.45. The SMILES string of the molecule is CCC1CCN(c2cccc(C)c2[N+](=O)[O-])C(C(=O)O)C1. The molecule has 2 atom stereocenters. The maximum absolute atomic E-state index is 11.6. The van der Waals surface area contributed by atoms with Crippen molar-refractivity contribution in [1.29, 1.82) is 0 Å². The standard InChI is InChI=1S/C15H20N2O4/c1-3-11-7-8-16(13(9-11)15(18)19)12-6-4-5-10(2)14(12)17(20)21/h4-6,11,13H,3,7-9H2,1-2H3,(H,18,19). The normalized spacial score (nSPS) is 22.1. The summed E-state index contributed by atoms with van der Waals surface area (Å²) in [6.07, 6.45) is 2.34. The first-order valence-corrected chi connectivity index (χ1v) is 7.19. The first kappa shape index (κ1) is 15.3. The number of anilines is 1. The van der Waals surface area contributed by atoms with Gasteiger partial charge in [0.2, 0.25) is 0 Å². The fourth-order valence-corrected chi connectivity index (χ4v) is 3.04. The van der Waals surface area contributed by atoms with E-state index in [1.807, 2.05) is 6.92 Å². The number of benzene rings is 1. The summed E-state index contributed by atoms with van der Waals surface area (Å²) in [6, 6.07) is 4.37. The van der Waals surface area contributed by atoms with Crippen LogP contribution in [0.2, 0.25) is 0 Å². The van der Waals surface area contributed by atoms with E-state index in [2.05, 4.69) is 0 Å². The molecule has 2 rings (SSSR count). The number of nitro groups is 1. The molecule has 0 aromatic heterocycles. The molecule has 0 spiro atoms. The molecule has 6 nitrogen and oxygen atoms in total. The zero-order chi connectivity index (χ0) is 15.6. The fraction of sp³-hybridized carbons (Fsp3) is 0.533. The minimum absolute atomic E-state index is 0.0127. The molecule has 0 bridgehead atoms. The zero-order valence-corrected chi connectivity index (χ0v) is 12.3. The monoisotopic (exact) mass is 292 g/mol. The molecular weight excluding hydrogens is 272 g/mol. The molecule has 1 aliphatic rings. The number of hydrogen-bond acceptors (Lipinski definition) is 4. The highest BCUT2D eigenvalue weighted by Gasteiger charge is 2.36. The minimum atomic E-state index is -0.913. The van der Waals surface area contributed by atoms with Crippen LogP contribution in [-0.4, -0.2) is 28.6 Å². The Kier molecular flexibility index (Phi) is 4.45. The zero-order valence-electron chi connectivity index (χ0n) is 12.3. The largest absolute Gasteiger partial charge is 0.480 e. The number of nitrogens with zero attached hydrogens (tertiary/aromatic N) is 2. The van der Waals surface area contributed by atoms with E-state index in [0.29, 0.717) is 30.1 Å². The Morgan fingerprint density at radius 3 is 2.81 bits per heavy atom. The van der Waals surface area contributed by atoms with Gasteiger partial charge in [0.15, 0.2) is 0 Å². The summed E-state index contributed by atoms with van der Waals surface area (Å²) in [5.74, 6) is -0.546. The number of aryl methyl sites for hydroxylation is 1. The summed E-state index contributed by atoms with van der Waals surface area (Å²) >= 11 is 0. The number of carboxylic acids is 1. The second-order valence-electron chi connectivity index (χ2n) is 5.55. The molecule has 1 saturated heterocycles. The van der Waals surface area contributed by atoms with Crippen LogP contribution in [0.15, 0.2) is 18.2 Å². The predicted molar refractivity (Wildman–Crippen MR) is 79.6 cm³/mol. The van der Waals surface area contributed by atoms with Crippen molar-refractivity contribution < 1.29 is 14.8 Å². The Hall–Kier alpha value is -2.11. The van der Waals surface area contributed by atoms with Crippen molar-refractivity contribution in [3.63, 3.8) is 0 Å². The number of carbonyl (C=O) groups is 1. The van der Waals surface area contributed by atoms with Crippen LogP contribution in [0.4, 0.5) is 11.4 Å². The maximum atomic E-state index is 11.6. The van der Waals surface area contributed by atoms with Gasteiger partial charge in [-0.1, -0.05) is 25.5 Å². The lowest BCUT2D eigenvalue weighted by Gasteiger charge is -2.38. The van der Waals surface area contributed by atoms with Gasteiger partial charge in [-0.3, -0.25) is 10.1 Å². The summed E-state index contributed by atoms with van der Waals surface area (Å²) in [4.78, 5) is 24.1. The molecule has 1 aromatic carbocycles. The molecule has 0 saturated carbocycles. The highest BCUT2D eigenvalue weighted by atomic mass is 16.6. The lowest BCUT2D eigenvalue weighted by molar-refractivity contribution is -0.384. The van der Waals surface area contributed by atoms with Gasteiger partial charge < -0.3 is 10.0 Å². The van der Waals surface area contributed by atoms with Crippen molar-refractivity contribution >= 4 is 17.3 Å². The first-order valence-electron chi connectivity index (χ1n) is 7.19. The Labute approximate surface area is 123 Å².